The van der Waals surface area contributed by atoms with Crippen LogP contribution in [-0.4, -0.2) is 341 Å². The number of rotatable bonds is 25. The van der Waals surface area contributed by atoms with E-state index in [0.717, 1.165) is 41.0 Å². The third kappa shape index (κ3) is 28.8. The van der Waals surface area contributed by atoms with Crippen LogP contribution in [0.25, 0.3) is 21.0 Å². The number of aromatic amines is 2. The second-order valence-corrected chi connectivity index (χ2v) is 36.0. The number of amides is 17. The topological polar surface area (TPSA) is 666 Å². The maximum atomic E-state index is 15.7. The second kappa shape index (κ2) is 50.2. The summed E-state index contributed by atoms with van der Waals surface area (Å²) in [6, 6.07) is -3.11. The molecule has 6 aromatic rings. The summed E-state index contributed by atoms with van der Waals surface area (Å²) in [5, 5.41) is 83.0. The predicted molar refractivity (Wildman–Crippen MR) is 494 cm³/mol. The van der Waals surface area contributed by atoms with Gasteiger partial charge in [0.05, 0.1) is 44.4 Å². The van der Waals surface area contributed by atoms with E-state index in [0.29, 0.717) is 45.8 Å². The van der Waals surface area contributed by atoms with Crippen molar-refractivity contribution in [3.05, 3.63) is 119 Å². The molecule has 0 bridgehead atoms. The number of para-hydroxylation sites is 1. The van der Waals surface area contributed by atoms with E-state index in [-0.39, 0.29) is 94.5 Å². The number of nitrogens with two attached hydrogens (primary N) is 3. The minimum atomic E-state index is -1.92. The molecular formula is C87H119N23O21S3. The molecule has 17 amide bonds. The van der Waals surface area contributed by atoms with Crippen molar-refractivity contribution in [2.45, 2.75) is 194 Å². The van der Waals surface area contributed by atoms with E-state index in [1.54, 1.807) is 60.3 Å². The molecule has 15 atom stereocenters. The molecule has 3 saturated heterocycles. The molecule has 24 N–H and O–H groups in total. The molecule has 726 valence electrons. The molecule has 0 radical (unpaired) electrons. The smallest absolute Gasteiger partial charge is 0.248 e. The summed E-state index contributed by atoms with van der Waals surface area (Å²) in [6.07, 6.45) is 2.49. The number of guanidine groups is 1. The molecule has 3 aromatic heterocycles. The van der Waals surface area contributed by atoms with Gasteiger partial charge in [-0.1, -0.05) is 68.3 Å². The summed E-state index contributed by atoms with van der Waals surface area (Å²) in [5.41, 5.74) is 19.0. The molecule has 0 aliphatic carbocycles. The quantitative estimate of drug-likeness (QED) is 0.0145. The molecular weight excluding hydrogens is 1800 g/mol. The number of benzene rings is 3. The lowest BCUT2D eigenvalue weighted by Gasteiger charge is -2.36. The summed E-state index contributed by atoms with van der Waals surface area (Å²) in [4.78, 5) is 264. The number of phenols is 1. The third-order valence-electron chi connectivity index (χ3n) is 23.4. The number of carbonyl (C=O) groups excluding carboxylic acids is 17. The van der Waals surface area contributed by atoms with E-state index < -0.39 is 248 Å². The zero-order valence-corrected chi connectivity index (χ0v) is 77.5. The van der Waals surface area contributed by atoms with Crippen molar-refractivity contribution in [3.63, 3.8) is 0 Å². The van der Waals surface area contributed by atoms with Crippen molar-refractivity contribution < 1.29 is 102 Å². The Kier molecular flexibility index (Phi) is 39.2. The first kappa shape index (κ1) is 105. The Morgan fingerprint density at radius 3 is 1.84 bits per heavy atom. The second-order valence-electron chi connectivity index (χ2n) is 33.1. The van der Waals surface area contributed by atoms with Crippen LogP contribution in [0.2, 0.25) is 0 Å². The van der Waals surface area contributed by atoms with Crippen LogP contribution in [0.4, 0.5) is 0 Å². The molecule has 1 unspecified atom stereocenters. The van der Waals surface area contributed by atoms with Gasteiger partial charge in [-0.3, -0.25) is 86.9 Å². The van der Waals surface area contributed by atoms with Gasteiger partial charge in [-0.15, -0.1) is 23.1 Å². The number of hydrogen-bond donors (Lipinski definition) is 21. The molecule has 3 aliphatic rings. The highest BCUT2D eigenvalue weighted by Crippen LogP contribution is 2.30. The molecule has 3 aliphatic heterocycles. The number of H-pyrrole nitrogens is 2. The van der Waals surface area contributed by atoms with Crippen LogP contribution in [0.15, 0.2) is 96.9 Å². The average molecular weight is 1920 g/mol. The fourth-order valence-corrected chi connectivity index (χ4v) is 18.3. The van der Waals surface area contributed by atoms with Crippen LogP contribution in [0.1, 0.15) is 100 Å². The summed E-state index contributed by atoms with van der Waals surface area (Å²) in [5.74, 6) is -18.3. The number of aromatic hydroxyl groups is 1. The van der Waals surface area contributed by atoms with E-state index in [1.807, 2.05) is 13.0 Å². The normalized spacial score (nSPS) is 24.8. The van der Waals surface area contributed by atoms with Crippen LogP contribution >= 0.6 is 34.9 Å². The number of carbonyl (C=O) groups is 17. The van der Waals surface area contributed by atoms with Crippen molar-refractivity contribution in [1.29, 1.82) is 5.41 Å². The van der Waals surface area contributed by atoms with Gasteiger partial charge in [0.2, 0.25) is 100 Å². The van der Waals surface area contributed by atoms with Crippen LogP contribution in [-0.2, 0) is 107 Å². The van der Waals surface area contributed by atoms with Crippen molar-refractivity contribution >= 4 is 162 Å². The SMILES string of the molecule is CCCC[C@H]1C(=O)N[C@@H](CCCNC(=N)N)C(=O)NC(C(=O)NCC(N)=O)CSCC(=O)N[C@@H](Cc2ccc(O)cc2)C(=O)N(C)[C@@H](C)C(=O)N[C@@H](CC(N)=O)C(=O)N2CCC[C@H]2C(=O)N[C@@H](Cc2cnc[nH]2)C(=O)N[C@@H](CO)C(=O)N2C[C@H](O)C[C@H]2C(=O)N[C@@H](Cc2c[nH]c3ccccc23)C(=O)N[C@@H](CO)C(=O)N[C@@H](Cc2csc3ccccc23)C(=O)N(C)[C@@H](CCSC)C(=O)N1C. The number of fused-ring (bicyclic) bond motifs is 4. The zero-order valence-electron chi connectivity index (χ0n) is 75.0. The lowest BCUT2D eigenvalue weighted by Crippen LogP contribution is -2.62. The van der Waals surface area contributed by atoms with Gasteiger partial charge in [-0.25, -0.2) is 4.98 Å². The standard InChI is InChI=1S/C87H119N23O21S3/c1-7-8-19-65-79(124)98-56(18-13-27-93-87(90)91)75(120)105-64(74(119)95-38-71(89)116)43-133-44-72(117)97-59(30-47-22-24-51(113)25-23-47)82(127)106(3)46(2)73(118)101-61(35-70(88)115)84(129)109-28-14-20-66(109)80(125)100-58(33-50-37-92-45-96-50)77(122)104-63(41-112)85(130)110-39-52(114)34-68(110)81(126)99-57(31-48-36-94-55-17-11-9-15-53(48)55)76(121)103-62(40-111)78(123)102-60(32-49-42-134-69-21-12-10-16-54(49)69)83(128)108(5)67(26-29-132-6)86(131)107(65)4/h9-12,15-17,21-25,36-37,42,45-46,52,56-68,94,111-114H,7-8,13-14,18-20,26-35,38-41,43-44H2,1-6H3,(H2,88,115)(H2,89,116)(H,92,96)(H,95,119)(H,97,117)(H,98,124)(H,99,126)(H,100,125)(H,101,118)(H,102,123)(H,103,121)(H,104,122)(H,105,120)(H4,90,91,93)/t46-,52+,56-,57-,58-,59-,60-,61-,62-,63-,64?,65-,66-,67-,68-/m0/s1. The number of primary amides is 2. The Bertz CT molecular complexity index is 5200. The highest BCUT2D eigenvalue weighted by molar-refractivity contribution is 8.00. The molecule has 0 saturated carbocycles. The molecule has 3 aromatic carbocycles. The molecule has 3 fully saturated rings. The van der Waals surface area contributed by atoms with Gasteiger partial charge in [-0.2, -0.15) is 11.8 Å². The number of thioether (sulfide) groups is 2. The highest BCUT2D eigenvalue weighted by atomic mass is 32.2. The Balaban J connectivity index is 1.09. The number of thiophene rings is 1. The number of nitrogens with one attached hydrogen (secondary N) is 14. The van der Waals surface area contributed by atoms with E-state index in [1.165, 1.54) is 88.0 Å². The van der Waals surface area contributed by atoms with E-state index in [2.05, 4.69) is 73.4 Å². The first-order valence-corrected chi connectivity index (χ1v) is 47.1. The molecule has 44 nitrogen and oxygen atoms in total. The van der Waals surface area contributed by atoms with Gasteiger partial charge in [0, 0.05) is 112 Å². The molecule has 9 rings (SSSR count). The number of aliphatic hydroxyl groups is 3. The third-order valence-corrected chi connectivity index (χ3v) is 26.1. The number of unbranched alkanes of at least 4 members (excludes halogenated alkanes) is 1. The lowest BCUT2D eigenvalue weighted by atomic mass is 10.0. The minimum absolute atomic E-state index is 0.0205. The Labute approximate surface area is 784 Å². The Morgan fingerprint density at radius 1 is 0.582 bits per heavy atom. The highest BCUT2D eigenvalue weighted by Gasteiger charge is 2.47. The number of aliphatic hydroxyl groups excluding tert-OH is 3. The van der Waals surface area contributed by atoms with Crippen LogP contribution in [0.3, 0.4) is 0 Å². The van der Waals surface area contributed by atoms with Gasteiger partial charge in [0.25, 0.3) is 0 Å². The number of phenolic OH excluding ortho intramolecular Hbond substituents is 1. The first-order chi connectivity index (χ1) is 63.9. The van der Waals surface area contributed by atoms with Gasteiger partial charge in [0.15, 0.2) is 5.96 Å². The molecule has 6 heterocycles. The minimum Gasteiger partial charge on any atom is -0.508 e. The summed E-state index contributed by atoms with van der Waals surface area (Å²) in [7, 11) is 3.86. The average Bonchev–Trinajstić information content (AvgIpc) is 1.60. The number of hydrogen-bond acceptors (Lipinski definition) is 26. The van der Waals surface area contributed by atoms with E-state index >= 15 is 28.8 Å². The monoisotopic (exact) mass is 1920 g/mol. The summed E-state index contributed by atoms with van der Waals surface area (Å²) in [6.45, 7) is -0.676. The number of nitrogens with zero attached hydrogens (tertiary/aromatic N) is 6. The predicted octanol–water partition coefficient (Wildman–Crippen LogP) is -4.69. The Morgan fingerprint density at radius 2 is 1.18 bits per heavy atom. The maximum Gasteiger partial charge on any atom is 0.248 e. The maximum absolute atomic E-state index is 15.7. The van der Waals surface area contributed by atoms with Crippen molar-refractivity contribution in [3.8, 4) is 5.75 Å². The summed E-state index contributed by atoms with van der Waals surface area (Å²) >= 11 is 3.40. The van der Waals surface area contributed by atoms with E-state index in [9.17, 15) is 73.2 Å². The van der Waals surface area contributed by atoms with Crippen LogP contribution in [0.5, 0.6) is 5.75 Å². The Hall–Kier alpha value is -13.0. The fourth-order valence-electron chi connectivity index (χ4n) is 16.0. The zero-order chi connectivity index (χ0) is 97.7. The number of imidazole rings is 1. The molecule has 134 heavy (non-hydrogen) atoms. The largest absolute Gasteiger partial charge is 0.508 e. The first-order valence-electron chi connectivity index (χ1n) is 43.7. The van der Waals surface area contributed by atoms with E-state index in [4.69, 9.17) is 22.6 Å². The number of likely N-dealkylation sites (N-methyl/N-ethyl adjacent to an activating group) is 3. The van der Waals surface area contributed by atoms with Gasteiger partial charge in [-0.05, 0) is 109 Å². The van der Waals surface area contributed by atoms with Crippen molar-refractivity contribution in [2.75, 3.05) is 84.1 Å². The van der Waals surface area contributed by atoms with Crippen molar-refractivity contribution in [2.24, 2.45) is 17.2 Å². The van der Waals surface area contributed by atoms with Crippen LogP contribution in [0, 0.1) is 5.41 Å². The summed E-state index contributed by atoms with van der Waals surface area (Å²) < 4.78 is 0.797. The van der Waals surface area contributed by atoms with Gasteiger partial charge in [0.1, 0.15) is 90.3 Å². The fraction of sp³-hybridized carbons (Fsp3) is 0.506. The van der Waals surface area contributed by atoms with Crippen molar-refractivity contribution in [1.82, 2.24) is 97.9 Å². The van der Waals surface area contributed by atoms with Gasteiger partial charge >= 0.3 is 0 Å². The lowest BCUT2D eigenvalue weighted by molar-refractivity contribution is -0.149. The van der Waals surface area contributed by atoms with Gasteiger partial charge < -0.3 is 131 Å². The molecule has 47 heteroatoms. The molecule has 0 spiro atoms. The number of aromatic nitrogens is 3. The van der Waals surface area contributed by atoms with Crippen LogP contribution < -0.4 is 75.7 Å².